The van der Waals surface area contributed by atoms with E-state index in [4.69, 9.17) is 0 Å². The van der Waals surface area contributed by atoms with Crippen LogP contribution in [-0.4, -0.2) is 27.5 Å². The zero-order valence-electron chi connectivity index (χ0n) is 9.99. The summed E-state index contributed by atoms with van der Waals surface area (Å²) in [6.07, 6.45) is 2.54. The van der Waals surface area contributed by atoms with Crippen molar-refractivity contribution in [1.82, 2.24) is 15.1 Å². The molecular weight excluding hydrogens is 190 g/mol. The predicted molar refractivity (Wildman–Crippen MR) is 60.7 cm³/mol. The fourth-order valence-electron chi connectivity index (χ4n) is 1.61. The van der Waals surface area contributed by atoms with E-state index in [0.717, 1.165) is 12.1 Å². The second-order valence-electron chi connectivity index (χ2n) is 4.04. The van der Waals surface area contributed by atoms with Gasteiger partial charge in [-0.15, -0.1) is 0 Å². The zero-order chi connectivity index (χ0) is 11.4. The lowest BCUT2D eigenvalue weighted by atomic mass is 10.1. The van der Waals surface area contributed by atoms with Gasteiger partial charge in [0.1, 0.15) is 0 Å². The van der Waals surface area contributed by atoms with E-state index < -0.39 is 0 Å². The summed E-state index contributed by atoms with van der Waals surface area (Å²) >= 11 is 0. The smallest absolute Gasteiger partial charge is 0.0662 e. The molecule has 1 rings (SSSR count). The maximum atomic E-state index is 9.44. The molecular formula is C11H21N3O. The van der Waals surface area contributed by atoms with Crippen LogP contribution in [0.4, 0.5) is 0 Å². The van der Waals surface area contributed by atoms with Crippen molar-refractivity contribution in [3.05, 3.63) is 17.5 Å². The van der Waals surface area contributed by atoms with E-state index >= 15 is 0 Å². The van der Waals surface area contributed by atoms with E-state index in [0.29, 0.717) is 6.54 Å². The van der Waals surface area contributed by atoms with Crippen molar-refractivity contribution >= 4 is 0 Å². The lowest BCUT2D eigenvalue weighted by molar-refractivity contribution is 0.163. The Bertz CT molecular complexity index is 309. The summed E-state index contributed by atoms with van der Waals surface area (Å²) in [6, 6.07) is 0.236. The molecule has 2 atom stereocenters. The molecule has 0 fully saturated rings. The quantitative estimate of drug-likeness (QED) is 0.768. The van der Waals surface area contributed by atoms with Crippen LogP contribution < -0.4 is 5.32 Å². The van der Waals surface area contributed by atoms with Crippen LogP contribution in [0.25, 0.3) is 0 Å². The molecule has 0 saturated heterocycles. The first-order chi connectivity index (χ1) is 7.04. The van der Waals surface area contributed by atoms with Gasteiger partial charge >= 0.3 is 0 Å². The molecule has 4 heteroatoms. The molecule has 0 spiro atoms. The molecule has 15 heavy (non-hydrogen) atoms. The van der Waals surface area contributed by atoms with E-state index in [9.17, 15) is 5.11 Å². The number of hydrogen-bond acceptors (Lipinski definition) is 3. The first kappa shape index (κ1) is 12.2. The molecule has 4 nitrogen and oxygen atoms in total. The van der Waals surface area contributed by atoms with Gasteiger partial charge in [-0.3, -0.25) is 4.68 Å². The third-order valence-electron chi connectivity index (χ3n) is 2.65. The zero-order valence-corrected chi connectivity index (χ0v) is 9.99. The van der Waals surface area contributed by atoms with Gasteiger partial charge in [0.05, 0.1) is 11.8 Å². The molecule has 86 valence electrons. The Morgan fingerprint density at radius 2 is 2.27 bits per heavy atom. The highest BCUT2D eigenvalue weighted by atomic mass is 16.3. The first-order valence-electron chi connectivity index (χ1n) is 5.46. The van der Waals surface area contributed by atoms with Gasteiger partial charge < -0.3 is 10.4 Å². The molecule has 0 amide bonds. The Balaban J connectivity index is 2.53. The Labute approximate surface area is 91.3 Å². The van der Waals surface area contributed by atoms with Gasteiger partial charge in [0.2, 0.25) is 0 Å². The molecule has 1 aromatic rings. The fraction of sp³-hybridized carbons (Fsp3) is 0.727. The van der Waals surface area contributed by atoms with Gasteiger partial charge in [-0.2, -0.15) is 5.10 Å². The molecule has 0 bridgehead atoms. The van der Waals surface area contributed by atoms with Crippen molar-refractivity contribution < 1.29 is 5.11 Å². The van der Waals surface area contributed by atoms with Crippen molar-refractivity contribution in [1.29, 1.82) is 0 Å². The molecule has 1 aromatic heterocycles. The average molecular weight is 211 g/mol. The molecule has 0 aliphatic heterocycles. The third-order valence-corrected chi connectivity index (χ3v) is 2.65. The number of aryl methyl sites for hydroxylation is 2. The maximum Gasteiger partial charge on any atom is 0.0662 e. The lowest BCUT2D eigenvalue weighted by Gasteiger charge is -2.15. The van der Waals surface area contributed by atoms with E-state index in [2.05, 4.69) is 17.3 Å². The van der Waals surface area contributed by atoms with Crippen molar-refractivity contribution in [3.63, 3.8) is 0 Å². The van der Waals surface area contributed by atoms with Gasteiger partial charge in [0.15, 0.2) is 0 Å². The normalized spacial score (nSPS) is 15.3. The lowest BCUT2D eigenvalue weighted by Crippen LogP contribution is -2.28. The number of rotatable bonds is 5. The highest BCUT2D eigenvalue weighted by Crippen LogP contribution is 2.15. The van der Waals surface area contributed by atoms with Gasteiger partial charge in [-0.1, -0.05) is 6.92 Å². The maximum absolute atomic E-state index is 9.44. The fourth-order valence-corrected chi connectivity index (χ4v) is 1.61. The number of aromatic nitrogens is 2. The van der Waals surface area contributed by atoms with Gasteiger partial charge in [0.25, 0.3) is 0 Å². The molecule has 0 saturated carbocycles. The highest BCUT2D eigenvalue weighted by molar-refractivity contribution is 5.19. The van der Waals surface area contributed by atoms with Gasteiger partial charge in [0, 0.05) is 31.4 Å². The monoisotopic (exact) mass is 211 g/mol. The van der Waals surface area contributed by atoms with Gasteiger partial charge in [-0.25, -0.2) is 0 Å². The molecule has 0 aliphatic carbocycles. The van der Waals surface area contributed by atoms with Crippen LogP contribution in [0.3, 0.4) is 0 Å². The minimum Gasteiger partial charge on any atom is -0.392 e. The molecule has 1 heterocycles. The van der Waals surface area contributed by atoms with Crippen molar-refractivity contribution in [2.75, 3.05) is 6.54 Å². The Morgan fingerprint density at radius 1 is 1.60 bits per heavy atom. The second-order valence-corrected chi connectivity index (χ2v) is 4.04. The Hall–Kier alpha value is -0.870. The number of nitrogens with zero attached hydrogens (tertiary/aromatic N) is 2. The van der Waals surface area contributed by atoms with E-state index in [1.54, 1.807) is 0 Å². The van der Waals surface area contributed by atoms with Crippen molar-refractivity contribution in [2.24, 2.45) is 7.05 Å². The molecule has 0 aliphatic rings. The number of nitrogens with one attached hydrogen (secondary N) is 1. The summed E-state index contributed by atoms with van der Waals surface area (Å²) in [4.78, 5) is 0. The summed E-state index contributed by atoms with van der Waals surface area (Å²) in [5.41, 5.74) is 2.24. The number of aliphatic hydroxyl groups is 1. The third kappa shape index (κ3) is 3.32. The Morgan fingerprint density at radius 3 is 2.73 bits per heavy atom. The average Bonchev–Trinajstić information content (AvgIpc) is 2.53. The van der Waals surface area contributed by atoms with E-state index in [1.165, 1.54) is 5.56 Å². The van der Waals surface area contributed by atoms with Crippen LogP contribution >= 0.6 is 0 Å². The largest absolute Gasteiger partial charge is 0.392 e. The molecule has 2 unspecified atom stereocenters. The van der Waals surface area contributed by atoms with E-state index in [-0.39, 0.29) is 12.1 Å². The van der Waals surface area contributed by atoms with Crippen LogP contribution in [0.5, 0.6) is 0 Å². The summed E-state index contributed by atoms with van der Waals surface area (Å²) < 4.78 is 1.82. The van der Waals surface area contributed by atoms with Crippen LogP contribution in [0.15, 0.2) is 6.20 Å². The van der Waals surface area contributed by atoms with Crippen LogP contribution in [0.1, 0.15) is 37.6 Å². The minimum atomic E-state index is -0.260. The summed E-state index contributed by atoms with van der Waals surface area (Å²) in [7, 11) is 1.92. The summed E-state index contributed by atoms with van der Waals surface area (Å²) in [5, 5.41) is 17.0. The van der Waals surface area contributed by atoms with Crippen LogP contribution in [0, 0.1) is 6.92 Å². The summed E-state index contributed by atoms with van der Waals surface area (Å²) in [6.45, 7) is 6.70. The predicted octanol–water partition coefficient (Wildman–Crippen LogP) is 1.15. The van der Waals surface area contributed by atoms with Crippen molar-refractivity contribution in [2.45, 2.75) is 39.3 Å². The number of aliphatic hydroxyl groups excluding tert-OH is 1. The SMILES string of the molecule is CCC(O)CNC(C)c1cn(C)nc1C. The second kappa shape index (κ2) is 5.28. The van der Waals surface area contributed by atoms with Crippen molar-refractivity contribution in [3.8, 4) is 0 Å². The highest BCUT2D eigenvalue weighted by Gasteiger charge is 2.12. The molecule has 0 radical (unpaired) electrons. The van der Waals surface area contributed by atoms with Crippen LogP contribution in [0.2, 0.25) is 0 Å². The standard InChI is InChI=1S/C11H21N3O/c1-5-10(15)6-12-8(2)11-7-14(4)13-9(11)3/h7-8,10,12,15H,5-6H2,1-4H3. The van der Waals surface area contributed by atoms with Crippen LogP contribution in [-0.2, 0) is 7.05 Å². The first-order valence-corrected chi connectivity index (χ1v) is 5.46. The van der Waals surface area contributed by atoms with E-state index in [1.807, 2.05) is 31.8 Å². The topological polar surface area (TPSA) is 50.1 Å². The summed E-state index contributed by atoms with van der Waals surface area (Å²) in [5.74, 6) is 0. The minimum absolute atomic E-state index is 0.236. The number of hydrogen-bond donors (Lipinski definition) is 2. The van der Waals surface area contributed by atoms with Gasteiger partial charge in [-0.05, 0) is 20.3 Å². The molecule has 2 N–H and O–H groups in total. The molecule has 0 aromatic carbocycles. The Kier molecular flexibility index (Phi) is 4.29.